The third-order valence-electron chi connectivity index (χ3n) is 6.77. The van der Waals surface area contributed by atoms with Gasteiger partial charge in [-0.2, -0.15) is 0 Å². The molecule has 4 rings (SSSR count). The van der Waals surface area contributed by atoms with Gasteiger partial charge in [0.15, 0.2) is 0 Å². The first kappa shape index (κ1) is 32.8. The highest BCUT2D eigenvalue weighted by Gasteiger charge is 2.14. The summed E-state index contributed by atoms with van der Waals surface area (Å²) in [6, 6.07) is 29.4. The largest absolute Gasteiger partial charge is 0.494 e. The third kappa shape index (κ3) is 9.17. The average Bonchev–Trinajstić information content (AvgIpc) is 3.06. The molecular weight excluding hydrogens is 568 g/mol. The zero-order valence-corrected chi connectivity index (χ0v) is 26.0. The van der Waals surface area contributed by atoms with Gasteiger partial charge >= 0.3 is 11.9 Å². The van der Waals surface area contributed by atoms with E-state index >= 15 is 0 Å². The lowest BCUT2D eigenvalue weighted by Gasteiger charge is -2.14. The molecule has 0 amide bonds. The van der Waals surface area contributed by atoms with Crippen LogP contribution in [-0.2, 0) is 19.1 Å². The van der Waals surface area contributed by atoms with E-state index in [9.17, 15) is 9.59 Å². The number of hydrogen-bond acceptors (Lipinski definition) is 7. The number of esters is 2. The van der Waals surface area contributed by atoms with Gasteiger partial charge in [-0.05, 0) is 77.6 Å². The molecule has 0 N–H and O–H groups in total. The van der Waals surface area contributed by atoms with Gasteiger partial charge in [-0.1, -0.05) is 74.7 Å². The molecule has 7 nitrogen and oxygen atoms in total. The van der Waals surface area contributed by atoms with Crippen molar-refractivity contribution in [3.8, 4) is 50.6 Å². The quantitative estimate of drug-likeness (QED) is 0.0586. The molecule has 45 heavy (non-hydrogen) atoms. The summed E-state index contributed by atoms with van der Waals surface area (Å²) in [6.07, 6.45) is 0.960. The van der Waals surface area contributed by atoms with E-state index in [0.717, 1.165) is 45.6 Å². The van der Waals surface area contributed by atoms with Crippen molar-refractivity contribution in [1.29, 1.82) is 0 Å². The SMILES string of the molecule is C=C(C)C(=O)Oc1ccc(-c2ccc(OCCOC(=O)C(=C)COC)cc2)cc1-c1ccc(-c2ccc(OCCC)cc2)cc1. The molecule has 0 fully saturated rings. The lowest BCUT2D eigenvalue weighted by Crippen LogP contribution is -2.15. The van der Waals surface area contributed by atoms with E-state index in [0.29, 0.717) is 23.7 Å². The average molecular weight is 607 g/mol. The van der Waals surface area contributed by atoms with Gasteiger partial charge in [-0.25, -0.2) is 9.59 Å². The second kappa shape index (κ2) is 16.1. The smallest absolute Gasteiger partial charge is 0.338 e. The minimum Gasteiger partial charge on any atom is -0.494 e. The summed E-state index contributed by atoms with van der Waals surface area (Å²) < 4.78 is 27.2. The first-order chi connectivity index (χ1) is 21.8. The Hall–Kier alpha value is -5.14. The molecule has 0 radical (unpaired) electrons. The highest BCUT2D eigenvalue weighted by atomic mass is 16.6. The Morgan fingerprint density at radius 3 is 1.71 bits per heavy atom. The van der Waals surface area contributed by atoms with Gasteiger partial charge in [-0.15, -0.1) is 0 Å². The summed E-state index contributed by atoms with van der Waals surface area (Å²) in [6.45, 7) is 12.1. The first-order valence-corrected chi connectivity index (χ1v) is 14.7. The van der Waals surface area contributed by atoms with Crippen LogP contribution in [0.2, 0.25) is 0 Å². The molecule has 0 aliphatic rings. The third-order valence-corrected chi connectivity index (χ3v) is 6.77. The summed E-state index contributed by atoms with van der Waals surface area (Å²) in [5, 5.41) is 0. The van der Waals surface area contributed by atoms with Gasteiger partial charge in [0.25, 0.3) is 0 Å². The van der Waals surface area contributed by atoms with Crippen LogP contribution in [-0.4, -0.2) is 45.5 Å². The Morgan fingerprint density at radius 1 is 0.644 bits per heavy atom. The van der Waals surface area contributed by atoms with Crippen molar-refractivity contribution in [3.63, 3.8) is 0 Å². The minimum atomic E-state index is -0.509. The van der Waals surface area contributed by atoms with Crippen molar-refractivity contribution >= 4 is 11.9 Å². The summed E-state index contributed by atoms with van der Waals surface area (Å²) in [7, 11) is 1.49. The van der Waals surface area contributed by atoms with Gasteiger partial charge in [0.05, 0.1) is 18.8 Å². The molecule has 0 aromatic heterocycles. The molecule has 4 aromatic rings. The Labute approximate surface area is 264 Å². The molecule has 0 aliphatic heterocycles. The summed E-state index contributed by atoms with van der Waals surface area (Å²) >= 11 is 0. The van der Waals surface area contributed by atoms with Crippen LogP contribution in [0, 0.1) is 0 Å². The van der Waals surface area contributed by atoms with Gasteiger partial charge in [-0.3, -0.25) is 0 Å². The van der Waals surface area contributed by atoms with Crippen LogP contribution in [0.3, 0.4) is 0 Å². The van der Waals surface area contributed by atoms with Crippen LogP contribution in [0.15, 0.2) is 115 Å². The van der Waals surface area contributed by atoms with E-state index < -0.39 is 11.9 Å². The molecule has 0 saturated carbocycles. The van der Waals surface area contributed by atoms with Crippen LogP contribution in [0.4, 0.5) is 0 Å². The summed E-state index contributed by atoms with van der Waals surface area (Å²) in [5.74, 6) is 0.938. The van der Waals surface area contributed by atoms with Crippen LogP contribution >= 0.6 is 0 Å². The maximum atomic E-state index is 12.4. The van der Waals surface area contributed by atoms with E-state index in [1.165, 1.54) is 7.11 Å². The number of carbonyl (C=O) groups is 2. The molecule has 0 atom stereocenters. The van der Waals surface area contributed by atoms with Crippen molar-refractivity contribution < 1.29 is 33.3 Å². The maximum Gasteiger partial charge on any atom is 0.338 e. The standard InChI is InChI=1S/C38H38O7/c1-6-21-42-33-16-11-29(12-17-33)28-7-9-31(10-8-28)35-24-32(15-20-36(35)45-37(39)26(2)3)30-13-18-34(19-14-30)43-22-23-44-38(40)27(4)25-41-5/h7-20,24H,2,4,6,21-23,25H2,1,3,5H3. The van der Waals surface area contributed by atoms with Crippen LogP contribution < -0.4 is 14.2 Å². The first-order valence-electron chi connectivity index (χ1n) is 14.7. The second-order valence-electron chi connectivity index (χ2n) is 10.4. The Kier molecular flexibility index (Phi) is 11.7. The second-order valence-corrected chi connectivity index (χ2v) is 10.4. The van der Waals surface area contributed by atoms with Crippen molar-refractivity contribution in [2.45, 2.75) is 20.3 Å². The van der Waals surface area contributed by atoms with Gasteiger partial charge in [0, 0.05) is 18.2 Å². The Bertz CT molecular complexity index is 1620. The lowest BCUT2D eigenvalue weighted by atomic mass is 9.96. The number of carbonyl (C=O) groups excluding carboxylic acids is 2. The van der Waals surface area contributed by atoms with Crippen molar-refractivity contribution in [2.24, 2.45) is 0 Å². The number of benzene rings is 4. The molecule has 4 aromatic carbocycles. The van der Waals surface area contributed by atoms with E-state index in [1.807, 2.05) is 84.9 Å². The zero-order chi connectivity index (χ0) is 32.2. The molecule has 0 spiro atoms. The normalized spacial score (nSPS) is 10.6. The number of hydrogen-bond donors (Lipinski definition) is 0. The Morgan fingerprint density at radius 2 is 1.16 bits per heavy atom. The van der Waals surface area contributed by atoms with Gasteiger partial charge < -0.3 is 23.7 Å². The minimum absolute atomic E-state index is 0.0918. The fourth-order valence-electron chi connectivity index (χ4n) is 4.39. The lowest BCUT2D eigenvalue weighted by molar-refractivity contribution is -0.140. The molecule has 0 heterocycles. The Balaban J connectivity index is 1.51. The van der Waals surface area contributed by atoms with Gasteiger partial charge in [0.2, 0.25) is 0 Å². The predicted molar refractivity (Wildman–Crippen MR) is 176 cm³/mol. The van der Waals surface area contributed by atoms with Crippen molar-refractivity contribution in [1.82, 2.24) is 0 Å². The van der Waals surface area contributed by atoms with Crippen LogP contribution in [0.25, 0.3) is 33.4 Å². The zero-order valence-electron chi connectivity index (χ0n) is 26.0. The monoisotopic (exact) mass is 606 g/mol. The summed E-state index contributed by atoms with van der Waals surface area (Å²) in [5.41, 5.74) is 6.25. The molecule has 0 unspecified atom stereocenters. The fraction of sp³-hybridized carbons (Fsp3) is 0.211. The van der Waals surface area contributed by atoms with Crippen molar-refractivity contribution in [2.75, 3.05) is 33.5 Å². The highest BCUT2D eigenvalue weighted by molar-refractivity contribution is 5.91. The highest BCUT2D eigenvalue weighted by Crippen LogP contribution is 2.36. The molecule has 0 bridgehead atoms. The van der Waals surface area contributed by atoms with Crippen molar-refractivity contribution in [3.05, 3.63) is 115 Å². The molecule has 0 saturated heterocycles. The number of ether oxygens (including phenoxy) is 5. The molecular formula is C38H38O7. The summed E-state index contributed by atoms with van der Waals surface area (Å²) in [4.78, 5) is 24.3. The van der Waals surface area contributed by atoms with E-state index in [4.69, 9.17) is 23.7 Å². The van der Waals surface area contributed by atoms with E-state index in [1.54, 1.807) is 13.0 Å². The van der Waals surface area contributed by atoms with Crippen LogP contribution in [0.5, 0.6) is 17.2 Å². The van der Waals surface area contributed by atoms with Crippen LogP contribution in [0.1, 0.15) is 20.3 Å². The molecule has 232 valence electrons. The van der Waals surface area contributed by atoms with Gasteiger partial charge in [0.1, 0.15) is 30.5 Å². The number of rotatable bonds is 15. The van der Waals surface area contributed by atoms with E-state index in [2.05, 4.69) is 20.1 Å². The maximum absolute atomic E-state index is 12.4. The molecule has 7 heteroatoms. The number of methoxy groups -OCH3 is 1. The topological polar surface area (TPSA) is 80.3 Å². The fourth-order valence-corrected chi connectivity index (χ4v) is 4.39. The molecule has 0 aliphatic carbocycles. The van der Waals surface area contributed by atoms with E-state index in [-0.39, 0.29) is 25.4 Å². The predicted octanol–water partition coefficient (Wildman–Crippen LogP) is 8.08.